The van der Waals surface area contributed by atoms with Crippen LogP contribution < -0.4 is 15.0 Å². The molecule has 0 heterocycles. The maximum Gasteiger partial charge on any atom is 0.223 e. The number of benzene rings is 2. The fraction of sp³-hybridized carbons (Fsp3) is 0.333. The van der Waals surface area contributed by atoms with Crippen LogP contribution >= 0.6 is 0 Å². The van der Waals surface area contributed by atoms with E-state index in [1.807, 2.05) is 25.1 Å². The van der Waals surface area contributed by atoms with E-state index in [4.69, 9.17) is 4.74 Å². The topological polar surface area (TPSA) is 58.6 Å². The van der Waals surface area contributed by atoms with Crippen molar-refractivity contribution in [2.45, 2.75) is 26.7 Å². The van der Waals surface area contributed by atoms with Gasteiger partial charge in [0.05, 0.1) is 12.8 Å². The van der Waals surface area contributed by atoms with Crippen molar-refractivity contribution in [2.24, 2.45) is 0 Å². The van der Waals surface area contributed by atoms with Crippen LogP contribution in [-0.4, -0.2) is 32.0 Å². The number of hydrogen-bond acceptors (Lipinski definition) is 3. The van der Waals surface area contributed by atoms with Gasteiger partial charge in [0.25, 0.3) is 0 Å². The van der Waals surface area contributed by atoms with Gasteiger partial charge in [-0.2, -0.15) is 0 Å². The van der Waals surface area contributed by atoms with E-state index in [1.54, 1.807) is 24.1 Å². The number of rotatable bonds is 8. The Morgan fingerprint density at radius 2 is 1.85 bits per heavy atom. The third kappa shape index (κ3) is 6.09. The molecule has 27 heavy (non-hydrogen) atoms. The number of anilines is 1. The lowest BCUT2D eigenvalue weighted by Crippen LogP contribution is -2.34. The number of halogens is 1. The molecule has 0 unspecified atom stereocenters. The molecule has 0 aromatic heterocycles. The van der Waals surface area contributed by atoms with E-state index in [2.05, 4.69) is 5.32 Å². The zero-order chi connectivity index (χ0) is 19.8. The van der Waals surface area contributed by atoms with Crippen molar-refractivity contribution in [2.75, 3.05) is 25.1 Å². The average Bonchev–Trinajstić information content (AvgIpc) is 2.63. The molecule has 5 nitrogen and oxygen atoms in total. The Bertz CT molecular complexity index is 791. The first-order valence-electron chi connectivity index (χ1n) is 8.84. The van der Waals surface area contributed by atoms with E-state index in [9.17, 15) is 14.0 Å². The number of ether oxygens (including phenoxy) is 1. The first-order chi connectivity index (χ1) is 12.9. The summed E-state index contributed by atoms with van der Waals surface area (Å²) in [7, 11) is 1.55. The Hall–Kier alpha value is -2.89. The summed E-state index contributed by atoms with van der Waals surface area (Å²) in [5, 5.41) is 2.83. The van der Waals surface area contributed by atoms with Crippen LogP contribution in [0.3, 0.4) is 0 Å². The highest BCUT2D eigenvalue weighted by molar-refractivity contribution is 5.94. The second-order valence-corrected chi connectivity index (χ2v) is 6.32. The maximum atomic E-state index is 12.9. The largest absolute Gasteiger partial charge is 0.495 e. The number of hydrogen-bond donors (Lipinski definition) is 1. The standard InChI is InChI=1S/C21H25FN2O3/c1-15-4-9-20(27-3)19(14-15)24(16(2)25)13-11-21(26)23-12-10-17-5-7-18(22)8-6-17/h4-9,14H,10-13H2,1-3H3,(H,23,26). The van der Waals surface area contributed by atoms with Gasteiger partial charge in [-0.3, -0.25) is 9.59 Å². The van der Waals surface area contributed by atoms with Crippen LogP contribution in [0.5, 0.6) is 5.75 Å². The van der Waals surface area contributed by atoms with Gasteiger partial charge in [0.1, 0.15) is 11.6 Å². The molecular weight excluding hydrogens is 347 g/mol. The van der Waals surface area contributed by atoms with Crippen molar-refractivity contribution in [3.05, 3.63) is 59.4 Å². The zero-order valence-corrected chi connectivity index (χ0v) is 15.9. The Morgan fingerprint density at radius 1 is 1.15 bits per heavy atom. The van der Waals surface area contributed by atoms with Crippen molar-refractivity contribution < 1.29 is 18.7 Å². The summed E-state index contributed by atoms with van der Waals surface area (Å²) >= 11 is 0. The van der Waals surface area contributed by atoms with E-state index < -0.39 is 0 Å². The van der Waals surface area contributed by atoms with E-state index >= 15 is 0 Å². The van der Waals surface area contributed by atoms with E-state index in [0.29, 0.717) is 24.4 Å². The van der Waals surface area contributed by atoms with Gasteiger partial charge in [0.2, 0.25) is 11.8 Å². The Kier molecular flexibility index (Phi) is 7.34. The van der Waals surface area contributed by atoms with Crippen LogP contribution in [0.25, 0.3) is 0 Å². The van der Waals surface area contributed by atoms with Gasteiger partial charge >= 0.3 is 0 Å². The molecule has 1 N–H and O–H groups in total. The van der Waals surface area contributed by atoms with Crippen molar-refractivity contribution >= 4 is 17.5 Å². The summed E-state index contributed by atoms with van der Waals surface area (Å²) in [6.45, 7) is 4.12. The first kappa shape index (κ1) is 20.4. The number of nitrogens with zero attached hydrogens (tertiary/aromatic N) is 1. The number of carbonyl (C=O) groups is 2. The van der Waals surface area contributed by atoms with E-state index in [0.717, 1.165) is 11.1 Å². The number of carbonyl (C=O) groups excluding carboxylic acids is 2. The van der Waals surface area contributed by atoms with Crippen LogP contribution in [-0.2, 0) is 16.0 Å². The average molecular weight is 372 g/mol. The fourth-order valence-corrected chi connectivity index (χ4v) is 2.76. The van der Waals surface area contributed by atoms with Crippen LogP contribution in [0.1, 0.15) is 24.5 Å². The minimum absolute atomic E-state index is 0.144. The summed E-state index contributed by atoms with van der Waals surface area (Å²) in [4.78, 5) is 25.7. The molecule has 2 amide bonds. The second-order valence-electron chi connectivity index (χ2n) is 6.32. The predicted octanol–water partition coefficient (Wildman–Crippen LogP) is 3.24. The normalized spacial score (nSPS) is 10.4. The quantitative estimate of drug-likeness (QED) is 0.774. The summed E-state index contributed by atoms with van der Waals surface area (Å²) in [6, 6.07) is 11.8. The van der Waals surface area contributed by atoms with Crippen molar-refractivity contribution in [1.29, 1.82) is 0 Å². The first-order valence-corrected chi connectivity index (χ1v) is 8.84. The van der Waals surface area contributed by atoms with Gasteiger partial charge < -0.3 is 15.0 Å². The molecule has 0 fully saturated rings. The minimum Gasteiger partial charge on any atom is -0.495 e. The van der Waals surface area contributed by atoms with Crippen LogP contribution in [0.4, 0.5) is 10.1 Å². The van der Waals surface area contributed by atoms with Gasteiger partial charge in [0.15, 0.2) is 0 Å². The molecule has 0 saturated carbocycles. The lowest BCUT2D eigenvalue weighted by atomic mass is 10.1. The molecular formula is C21H25FN2O3. The molecule has 0 saturated heterocycles. The lowest BCUT2D eigenvalue weighted by molar-refractivity contribution is -0.121. The number of methoxy groups -OCH3 is 1. The summed E-state index contributed by atoms with van der Waals surface area (Å²) < 4.78 is 18.2. The maximum absolute atomic E-state index is 12.9. The molecule has 0 bridgehead atoms. The van der Waals surface area contributed by atoms with Crippen LogP contribution in [0.15, 0.2) is 42.5 Å². The number of nitrogens with one attached hydrogen (secondary N) is 1. The van der Waals surface area contributed by atoms with E-state index in [-0.39, 0.29) is 30.6 Å². The Labute approximate surface area is 159 Å². The third-order valence-electron chi connectivity index (χ3n) is 4.22. The molecule has 0 aliphatic carbocycles. The van der Waals surface area contributed by atoms with E-state index in [1.165, 1.54) is 19.1 Å². The monoisotopic (exact) mass is 372 g/mol. The zero-order valence-electron chi connectivity index (χ0n) is 15.9. The number of aryl methyl sites for hydroxylation is 1. The molecule has 2 aromatic carbocycles. The lowest BCUT2D eigenvalue weighted by Gasteiger charge is -2.23. The van der Waals surface area contributed by atoms with Gasteiger partial charge in [-0.25, -0.2) is 4.39 Å². The Balaban J connectivity index is 1.90. The molecule has 2 rings (SSSR count). The molecule has 0 radical (unpaired) electrons. The summed E-state index contributed by atoms with van der Waals surface area (Å²) in [6.07, 6.45) is 0.800. The molecule has 0 aliphatic rings. The summed E-state index contributed by atoms with van der Waals surface area (Å²) in [5.74, 6) is 0.0131. The van der Waals surface area contributed by atoms with Crippen molar-refractivity contribution in [1.82, 2.24) is 5.32 Å². The number of amides is 2. The van der Waals surface area contributed by atoms with Gasteiger partial charge in [-0.15, -0.1) is 0 Å². The minimum atomic E-state index is -0.279. The molecule has 6 heteroatoms. The summed E-state index contributed by atoms with van der Waals surface area (Å²) in [5.41, 5.74) is 2.61. The Morgan fingerprint density at radius 3 is 2.48 bits per heavy atom. The molecule has 0 aliphatic heterocycles. The molecule has 0 spiro atoms. The third-order valence-corrected chi connectivity index (χ3v) is 4.22. The molecule has 144 valence electrons. The highest BCUT2D eigenvalue weighted by atomic mass is 19.1. The highest BCUT2D eigenvalue weighted by Crippen LogP contribution is 2.29. The van der Waals surface area contributed by atoms with Crippen molar-refractivity contribution in [3.63, 3.8) is 0 Å². The molecule has 0 atom stereocenters. The SMILES string of the molecule is COc1ccc(C)cc1N(CCC(=O)NCCc1ccc(F)cc1)C(C)=O. The predicted molar refractivity (Wildman–Crippen MR) is 103 cm³/mol. The fourth-order valence-electron chi connectivity index (χ4n) is 2.76. The van der Waals surface area contributed by atoms with Crippen LogP contribution in [0.2, 0.25) is 0 Å². The van der Waals surface area contributed by atoms with Gasteiger partial charge in [0, 0.05) is 26.4 Å². The smallest absolute Gasteiger partial charge is 0.223 e. The highest BCUT2D eigenvalue weighted by Gasteiger charge is 2.17. The van der Waals surface area contributed by atoms with Gasteiger partial charge in [-0.05, 0) is 48.7 Å². The van der Waals surface area contributed by atoms with Crippen molar-refractivity contribution in [3.8, 4) is 5.75 Å². The van der Waals surface area contributed by atoms with Crippen LogP contribution in [0, 0.1) is 12.7 Å². The molecule has 2 aromatic rings. The second kappa shape index (κ2) is 9.71. The van der Waals surface area contributed by atoms with Gasteiger partial charge in [-0.1, -0.05) is 18.2 Å².